The molecule has 0 aliphatic heterocycles. The molecule has 3 nitrogen and oxygen atoms in total. The zero-order valence-corrected chi connectivity index (χ0v) is 14.1. The Balaban J connectivity index is 2.22. The van der Waals surface area contributed by atoms with Gasteiger partial charge >= 0.3 is 0 Å². The van der Waals surface area contributed by atoms with Gasteiger partial charge in [0.1, 0.15) is 0 Å². The Labute approximate surface area is 135 Å². The van der Waals surface area contributed by atoms with Crippen LogP contribution < -0.4 is 5.73 Å². The average molecular weight is 374 g/mol. The number of carbonyl (C=O) groups excluding carboxylic acids is 1. The van der Waals surface area contributed by atoms with Gasteiger partial charge in [0.15, 0.2) is 0 Å². The van der Waals surface area contributed by atoms with Crippen LogP contribution in [0.1, 0.15) is 22.2 Å². The highest BCUT2D eigenvalue weighted by Gasteiger charge is 2.18. The van der Waals surface area contributed by atoms with E-state index in [-0.39, 0.29) is 5.91 Å². The van der Waals surface area contributed by atoms with Crippen molar-refractivity contribution in [3.63, 3.8) is 0 Å². The summed E-state index contributed by atoms with van der Waals surface area (Å²) in [5, 5.41) is 0.426. The Kier molecular flexibility index (Phi) is 5.07. The molecule has 0 atom stereocenters. The minimum absolute atomic E-state index is 0.102. The summed E-state index contributed by atoms with van der Waals surface area (Å²) in [6.45, 7) is 3.12. The Morgan fingerprint density at radius 1 is 1.40 bits per heavy atom. The third-order valence-corrected chi connectivity index (χ3v) is 4.80. The standard InChI is InChI=1S/C14H14BrClN2OS/c1-2-18(8-10-4-6-13(15)20-10)14(19)11-7-9(17)3-5-12(11)16/h3-7H,2,8,17H2,1H3. The number of nitrogens with zero attached hydrogens (tertiary/aromatic N) is 1. The fourth-order valence-electron chi connectivity index (χ4n) is 1.83. The molecule has 0 spiro atoms. The highest BCUT2D eigenvalue weighted by Crippen LogP contribution is 2.25. The molecule has 0 saturated carbocycles. The normalized spacial score (nSPS) is 10.6. The van der Waals surface area contributed by atoms with Gasteiger partial charge < -0.3 is 10.6 Å². The monoisotopic (exact) mass is 372 g/mol. The van der Waals surface area contributed by atoms with Gasteiger partial charge in [0.25, 0.3) is 5.91 Å². The van der Waals surface area contributed by atoms with Crippen molar-refractivity contribution in [2.45, 2.75) is 13.5 Å². The van der Waals surface area contributed by atoms with Gasteiger partial charge in [-0.05, 0) is 53.2 Å². The first-order valence-corrected chi connectivity index (χ1v) is 8.08. The quantitative estimate of drug-likeness (QED) is 0.807. The van der Waals surface area contributed by atoms with E-state index in [1.165, 1.54) is 0 Å². The first-order valence-electron chi connectivity index (χ1n) is 6.09. The maximum absolute atomic E-state index is 12.5. The number of benzene rings is 1. The van der Waals surface area contributed by atoms with Crippen LogP contribution in [0, 0.1) is 0 Å². The lowest BCUT2D eigenvalue weighted by molar-refractivity contribution is 0.0754. The van der Waals surface area contributed by atoms with E-state index in [4.69, 9.17) is 17.3 Å². The van der Waals surface area contributed by atoms with Gasteiger partial charge in [-0.15, -0.1) is 11.3 Å². The first-order chi connectivity index (χ1) is 9.51. The van der Waals surface area contributed by atoms with E-state index in [2.05, 4.69) is 15.9 Å². The lowest BCUT2D eigenvalue weighted by Gasteiger charge is -2.21. The fourth-order valence-corrected chi connectivity index (χ4v) is 3.53. The van der Waals surface area contributed by atoms with Crippen molar-refractivity contribution in [2.24, 2.45) is 0 Å². The molecule has 1 amide bonds. The van der Waals surface area contributed by atoms with Crippen molar-refractivity contribution in [3.05, 3.63) is 49.6 Å². The maximum atomic E-state index is 12.5. The highest BCUT2D eigenvalue weighted by atomic mass is 79.9. The Morgan fingerprint density at radius 3 is 2.75 bits per heavy atom. The van der Waals surface area contributed by atoms with E-state index >= 15 is 0 Å². The number of carbonyl (C=O) groups is 1. The summed E-state index contributed by atoms with van der Waals surface area (Å²) in [4.78, 5) is 15.4. The molecule has 6 heteroatoms. The molecule has 106 valence electrons. The van der Waals surface area contributed by atoms with Crippen LogP contribution in [0.25, 0.3) is 0 Å². The summed E-state index contributed by atoms with van der Waals surface area (Å²) in [6.07, 6.45) is 0. The SMILES string of the molecule is CCN(Cc1ccc(Br)s1)C(=O)c1cc(N)ccc1Cl. The predicted octanol–water partition coefficient (Wildman–Crippen LogP) is 4.41. The number of nitrogens with two attached hydrogens (primary N) is 1. The van der Waals surface area contributed by atoms with E-state index in [0.29, 0.717) is 29.4 Å². The molecule has 0 aliphatic rings. The van der Waals surface area contributed by atoms with Crippen molar-refractivity contribution in [1.29, 1.82) is 0 Å². The van der Waals surface area contributed by atoms with Crippen molar-refractivity contribution in [3.8, 4) is 0 Å². The number of anilines is 1. The smallest absolute Gasteiger partial charge is 0.255 e. The van der Waals surface area contributed by atoms with Crippen LogP contribution in [0.2, 0.25) is 5.02 Å². The van der Waals surface area contributed by atoms with Crippen LogP contribution in [0.5, 0.6) is 0 Å². The minimum atomic E-state index is -0.102. The van der Waals surface area contributed by atoms with Gasteiger partial charge in [-0.1, -0.05) is 11.6 Å². The molecule has 0 bridgehead atoms. The molecule has 1 aromatic carbocycles. The van der Waals surface area contributed by atoms with Crippen molar-refractivity contribution < 1.29 is 4.79 Å². The second-order valence-electron chi connectivity index (χ2n) is 4.26. The molecule has 20 heavy (non-hydrogen) atoms. The van der Waals surface area contributed by atoms with Crippen LogP contribution in [-0.4, -0.2) is 17.4 Å². The number of hydrogen-bond donors (Lipinski definition) is 1. The third kappa shape index (κ3) is 3.53. The third-order valence-electron chi connectivity index (χ3n) is 2.87. The molecule has 0 aliphatic carbocycles. The average Bonchev–Trinajstić information content (AvgIpc) is 2.83. The topological polar surface area (TPSA) is 46.3 Å². The van der Waals surface area contributed by atoms with E-state index in [0.717, 1.165) is 8.66 Å². The molecular formula is C14H14BrClN2OS. The van der Waals surface area contributed by atoms with Crippen LogP contribution in [0.15, 0.2) is 34.1 Å². The zero-order valence-electron chi connectivity index (χ0n) is 10.9. The Hall–Kier alpha value is -1.04. The lowest BCUT2D eigenvalue weighted by Crippen LogP contribution is -2.30. The maximum Gasteiger partial charge on any atom is 0.255 e. The van der Waals surface area contributed by atoms with Crippen LogP contribution in [0.4, 0.5) is 5.69 Å². The molecule has 2 aromatic rings. The van der Waals surface area contributed by atoms with Crippen molar-refractivity contribution in [2.75, 3.05) is 12.3 Å². The Morgan fingerprint density at radius 2 is 2.15 bits per heavy atom. The number of thiophene rings is 1. The van der Waals surface area contributed by atoms with Gasteiger partial charge in [-0.3, -0.25) is 4.79 Å². The fraction of sp³-hybridized carbons (Fsp3) is 0.214. The molecule has 0 radical (unpaired) electrons. The van der Waals surface area contributed by atoms with E-state index in [1.54, 1.807) is 34.4 Å². The molecule has 0 unspecified atom stereocenters. The summed E-state index contributed by atoms with van der Waals surface area (Å²) in [6, 6.07) is 8.95. The molecule has 2 N–H and O–H groups in total. The summed E-state index contributed by atoms with van der Waals surface area (Å²) >= 11 is 11.1. The number of halogens is 2. The van der Waals surface area contributed by atoms with Crippen LogP contribution in [-0.2, 0) is 6.54 Å². The van der Waals surface area contributed by atoms with E-state index < -0.39 is 0 Å². The van der Waals surface area contributed by atoms with Crippen LogP contribution in [0.3, 0.4) is 0 Å². The van der Waals surface area contributed by atoms with Crippen LogP contribution >= 0.6 is 38.9 Å². The number of amides is 1. The number of rotatable bonds is 4. The molecule has 1 heterocycles. The van der Waals surface area contributed by atoms with Gasteiger partial charge in [-0.2, -0.15) is 0 Å². The number of hydrogen-bond acceptors (Lipinski definition) is 3. The number of nitrogen functional groups attached to an aromatic ring is 1. The van der Waals surface area contributed by atoms with E-state index in [9.17, 15) is 4.79 Å². The first kappa shape index (κ1) is 15.4. The molecule has 1 aromatic heterocycles. The lowest BCUT2D eigenvalue weighted by atomic mass is 10.1. The Bertz CT molecular complexity index is 629. The molecule has 0 fully saturated rings. The molecule has 2 rings (SSSR count). The van der Waals surface area contributed by atoms with Gasteiger partial charge in [0.2, 0.25) is 0 Å². The van der Waals surface area contributed by atoms with Gasteiger partial charge in [0.05, 0.1) is 20.9 Å². The largest absolute Gasteiger partial charge is 0.399 e. The predicted molar refractivity (Wildman–Crippen MR) is 88.3 cm³/mol. The van der Waals surface area contributed by atoms with Crippen molar-refractivity contribution in [1.82, 2.24) is 4.90 Å². The van der Waals surface area contributed by atoms with Gasteiger partial charge in [-0.25, -0.2) is 0 Å². The minimum Gasteiger partial charge on any atom is -0.399 e. The highest BCUT2D eigenvalue weighted by molar-refractivity contribution is 9.11. The molecular weight excluding hydrogens is 360 g/mol. The van der Waals surface area contributed by atoms with Gasteiger partial charge in [0, 0.05) is 17.1 Å². The van der Waals surface area contributed by atoms with E-state index in [1.807, 2.05) is 19.1 Å². The zero-order chi connectivity index (χ0) is 14.7. The second-order valence-corrected chi connectivity index (χ2v) is 7.22. The summed E-state index contributed by atoms with van der Waals surface area (Å²) < 4.78 is 1.05. The summed E-state index contributed by atoms with van der Waals surface area (Å²) in [7, 11) is 0. The second kappa shape index (κ2) is 6.61. The molecule has 0 saturated heterocycles. The summed E-state index contributed by atoms with van der Waals surface area (Å²) in [5.74, 6) is -0.102. The van der Waals surface area contributed by atoms with Crippen molar-refractivity contribution >= 4 is 50.5 Å². The summed E-state index contributed by atoms with van der Waals surface area (Å²) in [5.41, 5.74) is 6.71.